The molecular weight excluding hydrogens is 266 g/mol. The fraction of sp³-hybridized carbons (Fsp3) is 0.875. The van der Waals surface area contributed by atoms with E-state index in [2.05, 4.69) is 10.1 Å². The van der Waals surface area contributed by atoms with Crippen LogP contribution in [0.25, 0.3) is 0 Å². The molecule has 1 aromatic rings. The van der Waals surface area contributed by atoms with Gasteiger partial charge in [-0.05, 0) is 51.4 Å². The summed E-state index contributed by atoms with van der Waals surface area (Å²) < 4.78 is 11.4. The highest BCUT2D eigenvalue weighted by atomic mass is 16.5. The second-order valence-corrected chi connectivity index (χ2v) is 6.79. The summed E-state index contributed by atoms with van der Waals surface area (Å²) in [7, 11) is 0. The SMILES string of the molecule is CCOC(c1noc(C(C)(N)C2CC2)n1)C1CCCCC1. The molecule has 3 rings (SSSR count). The lowest BCUT2D eigenvalue weighted by atomic mass is 9.85. The summed E-state index contributed by atoms with van der Waals surface area (Å²) in [6.07, 6.45) is 8.53. The molecule has 2 fully saturated rings. The Morgan fingerprint density at radius 3 is 2.62 bits per heavy atom. The van der Waals surface area contributed by atoms with Gasteiger partial charge in [0.2, 0.25) is 11.7 Å². The highest BCUT2D eigenvalue weighted by Gasteiger charge is 2.44. The summed E-state index contributed by atoms with van der Waals surface area (Å²) in [4.78, 5) is 4.61. The van der Waals surface area contributed by atoms with E-state index in [4.69, 9.17) is 15.0 Å². The number of nitrogens with zero attached hydrogens (tertiary/aromatic N) is 2. The van der Waals surface area contributed by atoms with Crippen LogP contribution in [0.15, 0.2) is 4.52 Å². The number of rotatable bonds is 6. The summed E-state index contributed by atoms with van der Waals surface area (Å²) in [6.45, 7) is 4.69. The first kappa shape index (κ1) is 15.0. The van der Waals surface area contributed by atoms with E-state index in [0.29, 0.717) is 30.2 Å². The van der Waals surface area contributed by atoms with E-state index in [1.165, 1.54) is 32.1 Å². The summed E-state index contributed by atoms with van der Waals surface area (Å²) in [5, 5.41) is 4.20. The highest BCUT2D eigenvalue weighted by Crippen LogP contribution is 2.44. The fourth-order valence-electron chi connectivity index (χ4n) is 3.46. The number of hydrogen-bond acceptors (Lipinski definition) is 5. The Balaban J connectivity index is 1.77. The first-order valence-corrected chi connectivity index (χ1v) is 8.37. The van der Waals surface area contributed by atoms with Crippen molar-refractivity contribution in [2.45, 2.75) is 70.4 Å². The average Bonchev–Trinajstić information content (AvgIpc) is 3.24. The van der Waals surface area contributed by atoms with Crippen LogP contribution in [0.2, 0.25) is 0 Å². The zero-order chi connectivity index (χ0) is 14.9. The van der Waals surface area contributed by atoms with Gasteiger partial charge in [0.15, 0.2) is 0 Å². The third-order valence-electron chi connectivity index (χ3n) is 5.01. The van der Waals surface area contributed by atoms with Crippen molar-refractivity contribution in [3.05, 3.63) is 11.7 Å². The molecule has 2 saturated carbocycles. The first-order chi connectivity index (χ1) is 10.1. The Kier molecular flexibility index (Phi) is 4.31. The highest BCUT2D eigenvalue weighted by molar-refractivity contribution is 5.08. The number of ether oxygens (including phenoxy) is 1. The first-order valence-electron chi connectivity index (χ1n) is 8.37. The van der Waals surface area contributed by atoms with Gasteiger partial charge in [-0.3, -0.25) is 0 Å². The summed E-state index contributed by atoms with van der Waals surface area (Å²) >= 11 is 0. The lowest BCUT2D eigenvalue weighted by molar-refractivity contribution is -0.00145. The van der Waals surface area contributed by atoms with Crippen molar-refractivity contribution in [3.8, 4) is 0 Å². The predicted octanol–water partition coefficient (Wildman–Crippen LogP) is 3.31. The van der Waals surface area contributed by atoms with Gasteiger partial charge in [-0.2, -0.15) is 4.98 Å². The molecule has 0 amide bonds. The Bertz CT molecular complexity index is 462. The molecule has 2 aliphatic carbocycles. The van der Waals surface area contributed by atoms with E-state index in [0.717, 1.165) is 12.8 Å². The summed E-state index contributed by atoms with van der Waals surface area (Å²) in [5.41, 5.74) is 5.88. The molecule has 0 spiro atoms. The predicted molar refractivity (Wildman–Crippen MR) is 79.5 cm³/mol. The van der Waals surface area contributed by atoms with Gasteiger partial charge in [0.1, 0.15) is 6.10 Å². The lowest BCUT2D eigenvalue weighted by Crippen LogP contribution is -2.36. The van der Waals surface area contributed by atoms with Crippen LogP contribution in [-0.2, 0) is 10.3 Å². The molecule has 0 saturated heterocycles. The molecular formula is C16H27N3O2. The van der Waals surface area contributed by atoms with Crippen molar-refractivity contribution in [1.82, 2.24) is 10.1 Å². The molecule has 0 radical (unpaired) electrons. The standard InChI is InChI=1S/C16H27N3O2/c1-3-20-13(11-7-5-4-6-8-11)14-18-15(21-19-14)16(2,17)12-9-10-12/h11-13H,3-10,17H2,1-2H3. The zero-order valence-electron chi connectivity index (χ0n) is 13.2. The van der Waals surface area contributed by atoms with E-state index in [-0.39, 0.29) is 6.10 Å². The molecule has 2 atom stereocenters. The van der Waals surface area contributed by atoms with Crippen molar-refractivity contribution in [1.29, 1.82) is 0 Å². The lowest BCUT2D eigenvalue weighted by Gasteiger charge is -2.27. The molecule has 0 bridgehead atoms. The van der Waals surface area contributed by atoms with Gasteiger partial charge < -0.3 is 15.0 Å². The van der Waals surface area contributed by atoms with Crippen molar-refractivity contribution in [2.75, 3.05) is 6.61 Å². The van der Waals surface area contributed by atoms with Crippen molar-refractivity contribution < 1.29 is 9.26 Å². The van der Waals surface area contributed by atoms with Crippen LogP contribution in [-0.4, -0.2) is 16.7 Å². The topological polar surface area (TPSA) is 74.2 Å². The van der Waals surface area contributed by atoms with E-state index in [1.807, 2.05) is 13.8 Å². The third-order valence-corrected chi connectivity index (χ3v) is 5.01. The van der Waals surface area contributed by atoms with Gasteiger partial charge in [0.05, 0.1) is 5.54 Å². The second kappa shape index (κ2) is 6.05. The molecule has 118 valence electrons. The van der Waals surface area contributed by atoms with E-state index in [9.17, 15) is 0 Å². The second-order valence-electron chi connectivity index (χ2n) is 6.79. The van der Waals surface area contributed by atoms with Gasteiger partial charge in [0, 0.05) is 6.61 Å². The minimum Gasteiger partial charge on any atom is -0.370 e. The maximum Gasteiger partial charge on any atom is 0.246 e. The fourth-order valence-corrected chi connectivity index (χ4v) is 3.46. The maximum atomic E-state index is 6.37. The Morgan fingerprint density at radius 1 is 1.29 bits per heavy atom. The molecule has 1 aromatic heterocycles. The van der Waals surface area contributed by atoms with Crippen molar-refractivity contribution >= 4 is 0 Å². The van der Waals surface area contributed by atoms with E-state index < -0.39 is 5.54 Å². The van der Waals surface area contributed by atoms with Crippen LogP contribution in [0.4, 0.5) is 0 Å². The van der Waals surface area contributed by atoms with E-state index in [1.54, 1.807) is 0 Å². The van der Waals surface area contributed by atoms with Crippen LogP contribution in [0.1, 0.15) is 76.6 Å². The Labute approximate surface area is 126 Å². The number of nitrogens with two attached hydrogens (primary N) is 1. The molecule has 2 N–H and O–H groups in total. The van der Waals surface area contributed by atoms with Gasteiger partial charge in [0.25, 0.3) is 0 Å². The maximum absolute atomic E-state index is 6.37. The third kappa shape index (κ3) is 3.14. The molecule has 2 aliphatic rings. The van der Waals surface area contributed by atoms with Gasteiger partial charge in [-0.1, -0.05) is 24.4 Å². The molecule has 21 heavy (non-hydrogen) atoms. The van der Waals surface area contributed by atoms with Crippen LogP contribution in [0, 0.1) is 11.8 Å². The largest absolute Gasteiger partial charge is 0.370 e. The van der Waals surface area contributed by atoms with Crippen LogP contribution in [0.5, 0.6) is 0 Å². The molecule has 5 heteroatoms. The summed E-state index contributed by atoms with van der Waals surface area (Å²) in [5.74, 6) is 2.25. The quantitative estimate of drug-likeness (QED) is 0.871. The van der Waals surface area contributed by atoms with E-state index >= 15 is 0 Å². The molecule has 1 heterocycles. The Hall–Kier alpha value is -0.940. The zero-order valence-corrected chi connectivity index (χ0v) is 13.2. The summed E-state index contributed by atoms with van der Waals surface area (Å²) in [6, 6.07) is 0. The Morgan fingerprint density at radius 2 is 2.00 bits per heavy atom. The molecule has 2 unspecified atom stereocenters. The molecule has 0 aliphatic heterocycles. The average molecular weight is 293 g/mol. The number of aromatic nitrogens is 2. The van der Waals surface area contributed by atoms with Crippen molar-refractivity contribution in [2.24, 2.45) is 17.6 Å². The van der Waals surface area contributed by atoms with Gasteiger partial charge in [-0.25, -0.2) is 0 Å². The van der Waals surface area contributed by atoms with Gasteiger partial charge in [-0.15, -0.1) is 0 Å². The molecule has 0 aromatic carbocycles. The number of hydrogen-bond donors (Lipinski definition) is 1. The van der Waals surface area contributed by atoms with Crippen LogP contribution < -0.4 is 5.73 Å². The van der Waals surface area contributed by atoms with Gasteiger partial charge >= 0.3 is 0 Å². The minimum absolute atomic E-state index is 0.0391. The molecule has 5 nitrogen and oxygen atoms in total. The van der Waals surface area contributed by atoms with Crippen molar-refractivity contribution in [3.63, 3.8) is 0 Å². The normalized spacial score (nSPS) is 24.7. The minimum atomic E-state index is -0.491. The van der Waals surface area contributed by atoms with Crippen LogP contribution in [0.3, 0.4) is 0 Å². The smallest absolute Gasteiger partial charge is 0.246 e. The van der Waals surface area contributed by atoms with Crippen LogP contribution >= 0.6 is 0 Å². The monoisotopic (exact) mass is 293 g/mol.